The molecule has 1 fully saturated rings. The molecule has 2 heterocycles. The summed E-state index contributed by atoms with van der Waals surface area (Å²) in [5.41, 5.74) is 6.36. The maximum atomic E-state index is 5.47. The molecule has 1 aromatic rings. The smallest absolute Gasteiger partial charge is 0.0962 e. The summed E-state index contributed by atoms with van der Waals surface area (Å²) in [5.74, 6) is 2.48. The molecular formula is C8H14N4S. The molecule has 13 heavy (non-hydrogen) atoms. The maximum Gasteiger partial charge on any atom is 0.0962 e. The van der Waals surface area contributed by atoms with Gasteiger partial charge in [0.1, 0.15) is 0 Å². The fraction of sp³-hybridized carbons (Fsp3) is 0.750. The predicted molar refractivity (Wildman–Crippen MR) is 53.5 cm³/mol. The molecule has 0 bridgehead atoms. The van der Waals surface area contributed by atoms with Crippen molar-refractivity contribution in [2.45, 2.75) is 25.4 Å². The van der Waals surface area contributed by atoms with Gasteiger partial charge in [0.05, 0.1) is 17.9 Å². The monoisotopic (exact) mass is 198 g/mol. The molecule has 0 amide bonds. The van der Waals surface area contributed by atoms with Gasteiger partial charge in [-0.15, -0.1) is 5.10 Å². The lowest BCUT2D eigenvalue weighted by Crippen LogP contribution is -2.15. The molecular weight excluding hydrogens is 184 g/mol. The highest BCUT2D eigenvalue weighted by molar-refractivity contribution is 7.99. The Kier molecular flexibility index (Phi) is 2.85. The normalized spacial score (nSPS) is 19.2. The summed E-state index contributed by atoms with van der Waals surface area (Å²) in [6, 6.07) is 0.550. The summed E-state index contributed by atoms with van der Waals surface area (Å²) in [4.78, 5) is 0. The Morgan fingerprint density at radius 1 is 1.54 bits per heavy atom. The van der Waals surface area contributed by atoms with Gasteiger partial charge in [-0.05, 0) is 24.3 Å². The van der Waals surface area contributed by atoms with E-state index in [-0.39, 0.29) is 0 Å². The standard InChI is InChI=1S/C8H14N4S/c9-5-7-6-12(11-10-7)8-1-3-13-4-2-8/h6,8H,1-5,9H2. The van der Waals surface area contributed by atoms with Crippen LogP contribution in [0.1, 0.15) is 24.6 Å². The van der Waals surface area contributed by atoms with E-state index in [9.17, 15) is 0 Å². The quantitative estimate of drug-likeness (QED) is 0.764. The van der Waals surface area contributed by atoms with Crippen LogP contribution in [0.25, 0.3) is 0 Å². The van der Waals surface area contributed by atoms with Crippen LogP contribution in [0.2, 0.25) is 0 Å². The van der Waals surface area contributed by atoms with Gasteiger partial charge in [-0.1, -0.05) is 5.21 Å². The van der Waals surface area contributed by atoms with Crippen LogP contribution in [-0.4, -0.2) is 26.5 Å². The van der Waals surface area contributed by atoms with Crippen molar-refractivity contribution in [2.24, 2.45) is 5.73 Å². The first-order chi connectivity index (χ1) is 6.40. The molecule has 2 rings (SSSR count). The van der Waals surface area contributed by atoms with E-state index in [1.807, 2.05) is 22.6 Å². The second-order valence-electron chi connectivity index (χ2n) is 3.24. The average molecular weight is 198 g/mol. The Balaban J connectivity index is 2.05. The van der Waals surface area contributed by atoms with Gasteiger partial charge in [-0.3, -0.25) is 0 Å². The minimum absolute atomic E-state index is 0.488. The van der Waals surface area contributed by atoms with Crippen LogP contribution in [-0.2, 0) is 6.54 Å². The first kappa shape index (κ1) is 9.02. The second kappa shape index (κ2) is 4.11. The van der Waals surface area contributed by atoms with E-state index in [0.29, 0.717) is 12.6 Å². The summed E-state index contributed by atoms with van der Waals surface area (Å²) in [6.07, 6.45) is 4.39. The van der Waals surface area contributed by atoms with Crippen LogP contribution in [0.15, 0.2) is 6.20 Å². The molecule has 1 aliphatic heterocycles. The van der Waals surface area contributed by atoms with E-state index in [1.54, 1.807) is 0 Å². The van der Waals surface area contributed by atoms with Gasteiger partial charge in [0.25, 0.3) is 0 Å². The summed E-state index contributed by atoms with van der Waals surface area (Å²) in [6.45, 7) is 0.488. The summed E-state index contributed by atoms with van der Waals surface area (Å²) in [5, 5.41) is 8.08. The molecule has 0 saturated carbocycles. The van der Waals surface area contributed by atoms with Crippen molar-refractivity contribution in [3.05, 3.63) is 11.9 Å². The van der Waals surface area contributed by atoms with E-state index in [4.69, 9.17) is 5.73 Å². The zero-order valence-electron chi connectivity index (χ0n) is 7.52. The lowest BCUT2D eigenvalue weighted by atomic mass is 10.2. The molecule has 1 aliphatic rings. The highest BCUT2D eigenvalue weighted by Crippen LogP contribution is 2.25. The second-order valence-corrected chi connectivity index (χ2v) is 4.46. The molecule has 72 valence electrons. The summed E-state index contributed by atoms with van der Waals surface area (Å²) >= 11 is 2.02. The Morgan fingerprint density at radius 2 is 2.31 bits per heavy atom. The molecule has 0 aliphatic carbocycles. The minimum atomic E-state index is 0.488. The van der Waals surface area contributed by atoms with Gasteiger partial charge in [0.15, 0.2) is 0 Å². The number of hydrogen-bond acceptors (Lipinski definition) is 4. The molecule has 0 atom stereocenters. The van der Waals surface area contributed by atoms with Crippen LogP contribution in [0.3, 0.4) is 0 Å². The number of nitrogens with two attached hydrogens (primary N) is 1. The number of nitrogens with zero attached hydrogens (tertiary/aromatic N) is 3. The average Bonchev–Trinajstić information content (AvgIpc) is 2.67. The van der Waals surface area contributed by atoms with Crippen molar-refractivity contribution in [1.29, 1.82) is 0 Å². The molecule has 4 nitrogen and oxygen atoms in total. The van der Waals surface area contributed by atoms with Crippen LogP contribution in [0, 0.1) is 0 Å². The van der Waals surface area contributed by atoms with Gasteiger partial charge in [-0.25, -0.2) is 4.68 Å². The minimum Gasteiger partial charge on any atom is -0.325 e. The van der Waals surface area contributed by atoms with Gasteiger partial charge in [0, 0.05) is 6.54 Å². The van der Waals surface area contributed by atoms with Crippen LogP contribution in [0.4, 0.5) is 0 Å². The van der Waals surface area contributed by atoms with Crippen molar-refractivity contribution in [3.8, 4) is 0 Å². The molecule has 1 saturated heterocycles. The van der Waals surface area contributed by atoms with Crippen molar-refractivity contribution < 1.29 is 0 Å². The fourth-order valence-corrected chi connectivity index (χ4v) is 2.62. The van der Waals surface area contributed by atoms with Crippen molar-refractivity contribution >= 4 is 11.8 Å². The first-order valence-electron chi connectivity index (χ1n) is 4.58. The SMILES string of the molecule is NCc1cn(C2CCSCC2)nn1. The van der Waals surface area contributed by atoms with Crippen LogP contribution < -0.4 is 5.73 Å². The van der Waals surface area contributed by atoms with Gasteiger partial charge >= 0.3 is 0 Å². The summed E-state index contributed by atoms with van der Waals surface area (Å²) in [7, 11) is 0. The Morgan fingerprint density at radius 3 is 2.92 bits per heavy atom. The third kappa shape index (κ3) is 2.03. The predicted octanol–water partition coefficient (Wildman–Crippen LogP) is 0.805. The fourth-order valence-electron chi connectivity index (χ4n) is 1.54. The van der Waals surface area contributed by atoms with E-state index >= 15 is 0 Å². The number of rotatable bonds is 2. The largest absolute Gasteiger partial charge is 0.325 e. The molecule has 0 spiro atoms. The highest BCUT2D eigenvalue weighted by atomic mass is 32.2. The molecule has 1 aromatic heterocycles. The number of hydrogen-bond donors (Lipinski definition) is 1. The Labute approximate surface area is 81.9 Å². The van der Waals surface area contributed by atoms with Crippen molar-refractivity contribution in [2.75, 3.05) is 11.5 Å². The zero-order chi connectivity index (χ0) is 9.10. The van der Waals surface area contributed by atoms with E-state index in [2.05, 4.69) is 10.3 Å². The van der Waals surface area contributed by atoms with Gasteiger partial charge in [-0.2, -0.15) is 11.8 Å². The number of thioether (sulfide) groups is 1. The Hall–Kier alpha value is -0.550. The Bertz CT molecular complexity index is 267. The molecule has 5 heteroatoms. The van der Waals surface area contributed by atoms with E-state index in [0.717, 1.165) is 5.69 Å². The third-order valence-electron chi connectivity index (χ3n) is 2.33. The number of aromatic nitrogens is 3. The topological polar surface area (TPSA) is 56.7 Å². The molecule has 0 aromatic carbocycles. The molecule has 2 N–H and O–H groups in total. The highest BCUT2D eigenvalue weighted by Gasteiger charge is 2.16. The van der Waals surface area contributed by atoms with Gasteiger partial charge < -0.3 is 5.73 Å². The maximum absolute atomic E-state index is 5.47. The van der Waals surface area contributed by atoms with Crippen molar-refractivity contribution in [3.63, 3.8) is 0 Å². The molecule has 0 unspecified atom stereocenters. The first-order valence-corrected chi connectivity index (χ1v) is 5.74. The van der Waals surface area contributed by atoms with Crippen LogP contribution in [0.5, 0.6) is 0 Å². The lowest BCUT2D eigenvalue weighted by Gasteiger charge is -2.20. The van der Waals surface area contributed by atoms with Crippen molar-refractivity contribution in [1.82, 2.24) is 15.0 Å². The zero-order valence-corrected chi connectivity index (χ0v) is 8.33. The van der Waals surface area contributed by atoms with E-state index in [1.165, 1.54) is 24.3 Å². The van der Waals surface area contributed by atoms with Gasteiger partial charge in [0.2, 0.25) is 0 Å². The molecule has 0 radical (unpaired) electrons. The lowest BCUT2D eigenvalue weighted by molar-refractivity contribution is 0.416. The third-order valence-corrected chi connectivity index (χ3v) is 3.38. The van der Waals surface area contributed by atoms with E-state index < -0.39 is 0 Å². The summed E-state index contributed by atoms with van der Waals surface area (Å²) < 4.78 is 1.97. The van der Waals surface area contributed by atoms with Crippen LogP contribution >= 0.6 is 11.8 Å².